The highest BCUT2D eigenvalue weighted by Gasteiger charge is 2.10. The molecular weight excluding hydrogens is 294 g/mol. The third-order valence-electron chi connectivity index (χ3n) is 4.42. The molecule has 4 rings (SSSR count). The average molecular weight is 313 g/mol. The van der Waals surface area contributed by atoms with E-state index in [0.29, 0.717) is 5.92 Å². The van der Waals surface area contributed by atoms with Crippen molar-refractivity contribution < 1.29 is 4.52 Å². The SMILES string of the molecule is CC(C)c1ccc(-c2cccc(-c3noc4ccccc34)c2)cc1. The number of hydrogen-bond acceptors (Lipinski definition) is 2. The fourth-order valence-electron chi connectivity index (χ4n) is 3.00. The fraction of sp³-hybridized carbons (Fsp3) is 0.136. The Bertz CT molecular complexity index is 980. The maximum Gasteiger partial charge on any atom is 0.167 e. The molecule has 0 aliphatic carbocycles. The molecule has 0 saturated heterocycles. The molecule has 0 amide bonds. The molecule has 2 heteroatoms. The summed E-state index contributed by atoms with van der Waals surface area (Å²) in [6.07, 6.45) is 0. The molecule has 0 fully saturated rings. The van der Waals surface area contributed by atoms with Crippen LogP contribution in [-0.4, -0.2) is 5.16 Å². The zero-order chi connectivity index (χ0) is 16.5. The minimum Gasteiger partial charge on any atom is -0.356 e. The summed E-state index contributed by atoms with van der Waals surface area (Å²) in [7, 11) is 0. The van der Waals surface area contributed by atoms with Crippen molar-refractivity contribution in [3.8, 4) is 22.4 Å². The summed E-state index contributed by atoms with van der Waals surface area (Å²) in [5, 5.41) is 5.31. The van der Waals surface area contributed by atoms with Gasteiger partial charge >= 0.3 is 0 Å². The minimum atomic E-state index is 0.548. The molecule has 0 spiro atoms. The topological polar surface area (TPSA) is 26.0 Å². The first-order valence-corrected chi connectivity index (χ1v) is 8.27. The number of aromatic nitrogens is 1. The third kappa shape index (κ3) is 2.61. The monoisotopic (exact) mass is 313 g/mol. The van der Waals surface area contributed by atoms with Crippen molar-refractivity contribution in [2.75, 3.05) is 0 Å². The van der Waals surface area contributed by atoms with Gasteiger partial charge in [-0.15, -0.1) is 0 Å². The van der Waals surface area contributed by atoms with Gasteiger partial charge in [0.05, 0.1) is 0 Å². The lowest BCUT2D eigenvalue weighted by Gasteiger charge is -2.08. The number of nitrogens with zero attached hydrogens (tertiary/aromatic N) is 1. The lowest BCUT2D eigenvalue weighted by atomic mass is 9.97. The summed E-state index contributed by atoms with van der Waals surface area (Å²) in [5.74, 6) is 0.548. The van der Waals surface area contributed by atoms with Crippen molar-refractivity contribution in [3.63, 3.8) is 0 Å². The second-order valence-corrected chi connectivity index (χ2v) is 6.38. The van der Waals surface area contributed by atoms with Crippen LogP contribution in [0.25, 0.3) is 33.4 Å². The van der Waals surface area contributed by atoms with Gasteiger partial charge in [-0.3, -0.25) is 0 Å². The largest absolute Gasteiger partial charge is 0.356 e. The summed E-state index contributed by atoms with van der Waals surface area (Å²) >= 11 is 0. The van der Waals surface area contributed by atoms with E-state index in [2.05, 4.69) is 67.5 Å². The van der Waals surface area contributed by atoms with Crippen LogP contribution in [0.3, 0.4) is 0 Å². The highest BCUT2D eigenvalue weighted by atomic mass is 16.5. The summed E-state index contributed by atoms with van der Waals surface area (Å²) < 4.78 is 5.44. The second-order valence-electron chi connectivity index (χ2n) is 6.38. The number of para-hydroxylation sites is 1. The highest BCUT2D eigenvalue weighted by molar-refractivity contribution is 5.92. The lowest BCUT2D eigenvalue weighted by molar-refractivity contribution is 0.459. The number of benzene rings is 3. The van der Waals surface area contributed by atoms with Crippen molar-refractivity contribution in [2.45, 2.75) is 19.8 Å². The van der Waals surface area contributed by atoms with Gasteiger partial charge in [-0.2, -0.15) is 0 Å². The van der Waals surface area contributed by atoms with Crippen molar-refractivity contribution >= 4 is 11.0 Å². The maximum absolute atomic E-state index is 5.44. The van der Waals surface area contributed by atoms with E-state index in [4.69, 9.17) is 4.52 Å². The van der Waals surface area contributed by atoms with Crippen LogP contribution >= 0.6 is 0 Å². The van der Waals surface area contributed by atoms with Crippen LogP contribution < -0.4 is 0 Å². The van der Waals surface area contributed by atoms with E-state index < -0.39 is 0 Å². The van der Waals surface area contributed by atoms with E-state index in [1.54, 1.807) is 0 Å². The molecule has 0 aliphatic heterocycles. The first-order valence-electron chi connectivity index (χ1n) is 8.27. The van der Waals surface area contributed by atoms with Gasteiger partial charge in [0.25, 0.3) is 0 Å². The first kappa shape index (κ1) is 14.7. The molecular formula is C22H19NO. The number of fused-ring (bicyclic) bond motifs is 1. The van der Waals surface area contributed by atoms with Crippen LogP contribution in [0.2, 0.25) is 0 Å². The summed E-state index contributed by atoms with van der Waals surface area (Å²) in [6, 6.07) is 25.2. The Labute approximate surface area is 141 Å². The molecule has 0 radical (unpaired) electrons. The van der Waals surface area contributed by atoms with E-state index in [1.165, 1.54) is 16.7 Å². The predicted molar refractivity (Wildman–Crippen MR) is 99.0 cm³/mol. The Kier molecular flexibility index (Phi) is 3.66. The average Bonchev–Trinajstić information content (AvgIpc) is 3.06. The van der Waals surface area contributed by atoms with Gasteiger partial charge in [0, 0.05) is 10.9 Å². The van der Waals surface area contributed by atoms with Crippen LogP contribution in [0.4, 0.5) is 0 Å². The van der Waals surface area contributed by atoms with Gasteiger partial charge in [0.15, 0.2) is 5.58 Å². The molecule has 0 unspecified atom stereocenters. The highest BCUT2D eigenvalue weighted by Crippen LogP contribution is 2.31. The molecule has 2 nitrogen and oxygen atoms in total. The summed E-state index contributed by atoms with van der Waals surface area (Å²) in [6.45, 7) is 4.43. The third-order valence-corrected chi connectivity index (χ3v) is 4.42. The van der Waals surface area contributed by atoms with Crippen molar-refractivity contribution in [2.24, 2.45) is 0 Å². The van der Waals surface area contributed by atoms with Gasteiger partial charge in [-0.25, -0.2) is 0 Å². The van der Waals surface area contributed by atoms with Crippen LogP contribution in [0.15, 0.2) is 77.3 Å². The minimum absolute atomic E-state index is 0.548. The Morgan fingerprint density at radius 3 is 2.29 bits per heavy atom. The lowest BCUT2D eigenvalue weighted by Crippen LogP contribution is -1.87. The second kappa shape index (κ2) is 5.97. The number of rotatable bonds is 3. The molecule has 0 saturated carbocycles. The van der Waals surface area contributed by atoms with Gasteiger partial charge in [0.2, 0.25) is 0 Å². The summed E-state index contributed by atoms with van der Waals surface area (Å²) in [5.41, 5.74) is 6.55. The number of hydrogen-bond donors (Lipinski definition) is 0. The van der Waals surface area contributed by atoms with Crippen LogP contribution in [-0.2, 0) is 0 Å². The molecule has 4 aromatic rings. The van der Waals surface area contributed by atoms with Gasteiger partial charge < -0.3 is 4.52 Å². The molecule has 1 heterocycles. The van der Waals surface area contributed by atoms with Crippen LogP contribution in [0.5, 0.6) is 0 Å². The molecule has 24 heavy (non-hydrogen) atoms. The van der Waals surface area contributed by atoms with Crippen molar-refractivity contribution in [3.05, 3.63) is 78.4 Å². The molecule has 0 aliphatic rings. The van der Waals surface area contributed by atoms with E-state index >= 15 is 0 Å². The van der Waals surface area contributed by atoms with Gasteiger partial charge in [-0.1, -0.05) is 73.6 Å². The molecule has 0 atom stereocenters. The van der Waals surface area contributed by atoms with Crippen LogP contribution in [0.1, 0.15) is 25.3 Å². The summed E-state index contributed by atoms with van der Waals surface area (Å²) in [4.78, 5) is 0. The van der Waals surface area contributed by atoms with Gasteiger partial charge in [0.1, 0.15) is 5.69 Å². The quantitative estimate of drug-likeness (QED) is 0.444. The van der Waals surface area contributed by atoms with Crippen LogP contribution in [0, 0.1) is 0 Å². The Morgan fingerprint density at radius 2 is 1.50 bits per heavy atom. The molecule has 3 aromatic carbocycles. The molecule has 1 aromatic heterocycles. The molecule has 118 valence electrons. The Morgan fingerprint density at radius 1 is 0.750 bits per heavy atom. The fourth-order valence-corrected chi connectivity index (χ4v) is 3.00. The predicted octanol–water partition coefficient (Wildman–Crippen LogP) is 6.29. The van der Waals surface area contributed by atoms with E-state index in [1.807, 2.05) is 24.3 Å². The zero-order valence-corrected chi connectivity index (χ0v) is 13.9. The van der Waals surface area contributed by atoms with Crippen molar-refractivity contribution in [1.82, 2.24) is 5.16 Å². The first-order chi connectivity index (χ1) is 11.7. The van der Waals surface area contributed by atoms with E-state index in [0.717, 1.165) is 22.2 Å². The Hall–Kier alpha value is -2.87. The van der Waals surface area contributed by atoms with E-state index in [9.17, 15) is 0 Å². The molecule has 0 bridgehead atoms. The van der Waals surface area contributed by atoms with E-state index in [-0.39, 0.29) is 0 Å². The van der Waals surface area contributed by atoms with Crippen molar-refractivity contribution in [1.29, 1.82) is 0 Å². The van der Waals surface area contributed by atoms with Gasteiger partial charge in [-0.05, 0) is 40.8 Å². The smallest absolute Gasteiger partial charge is 0.167 e. The normalized spacial score (nSPS) is 11.3. The Balaban J connectivity index is 1.76. The maximum atomic E-state index is 5.44. The standard InChI is InChI=1S/C22H19NO/c1-15(2)16-10-12-17(13-11-16)18-6-5-7-19(14-18)22-20-8-3-4-9-21(20)24-23-22/h3-15H,1-2H3. The molecule has 0 N–H and O–H groups in total. The zero-order valence-electron chi connectivity index (χ0n) is 13.9.